The summed E-state index contributed by atoms with van der Waals surface area (Å²) in [6.07, 6.45) is 5.41. The van der Waals surface area contributed by atoms with Gasteiger partial charge in [-0.05, 0) is 39.7 Å². The molecule has 21 heavy (non-hydrogen) atoms. The second-order valence-electron chi connectivity index (χ2n) is 6.05. The maximum atomic E-state index is 12.6. The number of hydrogen-bond acceptors (Lipinski definition) is 4. The molecule has 1 atom stereocenters. The van der Waals surface area contributed by atoms with Crippen molar-refractivity contribution in [1.82, 2.24) is 25.4 Å². The molecule has 2 N–H and O–H groups in total. The van der Waals surface area contributed by atoms with E-state index < -0.39 is 0 Å². The minimum absolute atomic E-state index is 0.0732. The van der Waals surface area contributed by atoms with E-state index in [1.165, 1.54) is 12.8 Å². The van der Waals surface area contributed by atoms with E-state index in [9.17, 15) is 4.79 Å². The Labute approximate surface area is 126 Å². The summed E-state index contributed by atoms with van der Waals surface area (Å²) >= 11 is 0. The fraction of sp³-hybridized carbons (Fsp3) is 0.800. The van der Waals surface area contributed by atoms with Gasteiger partial charge in [-0.25, -0.2) is 4.98 Å². The van der Waals surface area contributed by atoms with Gasteiger partial charge in [0.05, 0.1) is 0 Å². The number of amides is 1. The van der Waals surface area contributed by atoms with Crippen LogP contribution in [0.2, 0.25) is 0 Å². The lowest BCUT2D eigenvalue weighted by Crippen LogP contribution is -2.48. The molecule has 0 aliphatic carbocycles. The lowest BCUT2D eigenvalue weighted by atomic mass is 10.0. The SMILES string of the molecule is CCCc1nc(C(=O)N(CC2CCCCN2)C(C)C)n[nH]1. The summed E-state index contributed by atoms with van der Waals surface area (Å²) in [5, 5.41) is 10.4. The number of carbonyl (C=O) groups is 1. The fourth-order valence-corrected chi connectivity index (χ4v) is 2.71. The summed E-state index contributed by atoms with van der Waals surface area (Å²) in [5.74, 6) is 1.01. The molecule has 0 spiro atoms. The number of carbonyl (C=O) groups excluding carboxylic acids is 1. The monoisotopic (exact) mass is 293 g/mol. The number of rotatable bonds is 6. The molecule has 1 saturated heterocycles. The molecule has 0 saturated carbocycles. The Morgan fingerprint density at radius 2 is 2.24 bits per heavy atom. The molecule has 6 heteroatoms. The summed E-state index contributed by atoms with van der Waals surface area (Å²) in [5.41, 5.74) is 0. The van der Waals surface area contributed by atoms with Gasteiger partial charge in [0.1, 0.15) is 5.82 Å². The Balaban J connectivity index is 2.03. The molecule has 1 aliphatic rings. The molecule has 2 rings (SSSR count). The largest absolute Gasteiger partial charge is 0.332 e. The average Bonchev–Trinajstić information content (AvgIpc) is 2.94. The molecule has 1 aliphatic heterocycles. The zero-order valence-electron chi connectivity index (χ0n) is 13.4. The van der Waals surface area contributed by atoms with Gasteiger partial charge in [-0.3, -0.25) is 9.89 Å². The highest BCUT2D eigenvalue weighted by molar-refractivity contribution is 5.90. The molecule has 118 valence electrons. The van der Waals surface area contributed by atoms with Crippen LogP contribution >= 0.6 is 0 Å². The third kappa shape index (κ3) is 4.27. The normalized spacial score (nSPS) is 19.0. The van der Waals surface area contributed by atoms with Gasteiger partial charge in [-0.1, -0.05) is 13.3 Å². The van der Waals surface area contributed by atoms with Crippen molar-refractivity contribution in [2.24, 2.45) is 0 Å². The summed E-state index contributed by atoms with van der Waals surface area (Å²) in [4.78, 5) is 18.8. The Bertz CT molecular complexity index is 451. The number of H-pyrrole nitrogens is 1. The van der Waals surface area contributed by atoms with Crippen LogP contribution in [-0.4, -0.2) is 51.2 Å². The van der Waals surface area contributed by atoms with Crippen molar-refractivity contribution in [2.45, 2.75) is 65.0 Å². The first-order chi connectivity index (χ1) is 10.1. The molecule has 0 aromatic carbocycles. The Hall–Kier alpha value is -1.43. The summed E-state index contributed by atoms with van der Waals surface area (Å²) in [6, 6.07) is 0.536. The summed E-state index contributed by atoms with van der Waals surface area (Å²) < 4.78 is 0. The molecule has 6 nitrogen and oxygen atoms in total. The van der Waals surface area contributed by atoms with Crippen LogP contribution in [0, 0.1) is 0 Å². The highest BCUT2D eigenvalue weighted by Crippen LogP contribution is 2.12. The second-order valence-corrected chi connectivity index (χ2v) is 6.05. The van der Waals surface area contributed by atoms with Gasteiger partial charge in [0, 0.05) is 25.0 Å². The highest BCUT2D eigenvalue weighted by atomic mass is 16.2. The first-order valence-electron chi connectivity index (χ1n) is 8.07. The van der Waals surface area contributed by atoms with Crippen LogP contribution in [-0.2, 0) is 6.42 Å². The zero-order valence-corrected chi connectivity index (χ0v) is 13.4. The van der Waals surface area contributed by atoms with E-state index in [1.54, 1.807) is 0 Å². The highest BCUT2D eigenvalue weighted by Gasteiger charge is 2.26. The van der Waals surface area contributed by atoms with Gasteiger partial charge in [0.2, 0.25) is 5.82 Å². The number of nitrogens with zero attached hydrogens (tertiary/aromatic N) is 3. The Morgan fingerprint density at radius 1 is 1.43 bits per heavy atom. The number of nitrogens with one attached hydrogen (secondary N) is 2. The molecule has 0 bridgehead atoms. The van der Waals surface area contributed by atoms with Crippen LogP contribution in [0.25, 0.3) is 0 Å². The van der Waals surface area contributed by atoms with E-state index in [0.29, 0.717) is 11.9 Å². The number of piperidine rings is 1. The predicted octanol–water partition coefficient (Wildman–Crippen LogP) is 1.75. The first-order valence-corrected chi connectivity index (χ1v) is 8.07. The molecule has 1 amide bonds. The van der Waals surface area contributed by atoms with Crippen molar-refractivity contribution in [3.8, 4) is 0 Å². The maximum Gasteiger partial charge on any atom is 0.293 e. The topological polar surface area (TPSA) is 73.9 Å². The maximum absolute atomic E-state index is 12.6. The standard InChI is InChI=1S/C15H27N5O/c1-4-7-13-17-14(19-18-13)15(21)20(11(2)3)10-12-8-5-6-9-16-12/h11-12,16H,4-10H2,1-3H3,(H,17,18,19). The third-order valence-corrected chi connectivity index (χ3v) is 3.92. The zero-order chi connectivity index (χ0) is 15.2. The first kappa shape index (κ1) is 15.9. The molecule has 1 aromatic heterocycles. The molecule has 1 aromatic rings. The van der Waals surface area contributed by atoms with Crippen LogP contribution in [0.3, 0.4) is 0 Å². The van der Waals surface area contributed by atoms with Crippen molar-refractivity contribution in [2.75, 3.05) is 13.1 Å². The van der Waals surface area contributed by atoms with E-state index in [4.69, 9.17) is 0 Å². The Kier molecular flexibility index (Phi) is 5.73. The number of hydrogen-bond donors (Lipinski definition) is 2. The molecule has 0 radical (unpaired) electrons. The second kappa shape index (κ2) is 7.54. The van der Waals surface area contributed by atoms with E-state index in [2.05, 4.69) is 27.4 Å². The fourth-order valence-electron chi connectivity index (χ4n) is 2.71. The summed E-state index contributed by atoms with van der Waals surface area (Å²) in [7, 11) is 0. The van der Waals surface area contributed by atoms with E-state index >= 15 is 0 Å². The third-order valence-electron chi connectivity index (χ3n) is 3.92. The molecule has 1 unspecified atom stereocenters. The number of aryl methyl sites for hydroxylation is 1. The smallest absolute Gasteiger partial charge is 0.293 e. The minimum atomic E-state index is -0.0732. The van der Waals surface area contributed by atoms with Crippen LogP contribution in [0.4, 0.5) is 0 Å². The van der Waals surface area contributed by atoms with Crippen molar-refractivity contribution in [3.63, 3.8) is 0 Å². The average molecular weight is 293 g/mol. The van der Waals surface area contributed by atoms with Gasteiger partial charge in [-0.2, -0.15) is 0 Å². The number of aromatic nitrogens is 3. The van der Waals surface area contributed by atoms with Gasteiger partial charge in [0.15, 0.2) is 0 Å². The van der Waals surface area contributed by atoms with Gasteiger partial charge < -0.3 is 10.2 Å². The summed E-state index contributed by atoms with van der Waals surface area (Å²) in [6.45, 7) is 7.94. The van der Waals surface area contributed by atoms with E-state index in [-0.39, 0.29) is 11.9 Å². The molecule has 1 fully saturated rings. The Morgan fingerprint density at radius 3 is 2.86 bits per heavy atom. The molecule has 2 heterocycles. The minimum Gasteiger partial charge on any atom is -0.332 e. The van der Waals surface area contributed by atoms with Crippen molar-refractivity contribution < 1.29 is 4.79 Å². The lowest BCUT2D eigenvalue weighted by molar-refractivity contribution is 0.0664. The van der Waals surface area contributed by atoms with E-state index in [1.807, 2.05) is 18.7 Å². The quantitative estimate of drug-likeness (QED) is 0.838. The predicted molar refractivity (Wildman–Crippen MR) is 82.2 cm³/mol. The van der Waals surface area contributed by atoms with Crippen LogP contribution in [0.15, 0.2) is 0 Å². The van der Waals surface area contributed by atoms with Gasteiger partial charge in [-0.15, -0.1) is 5.10 Å². The van der Waals surface area contributed by atoms with Crippen LogP contribution in [0.1, 0.15) is 62.9 Å². The van der Waals surface area contributed by atoms with Crippen molar-refractivity contribution >= 4 is 5.91 Å². The van der Waals surface area contributed by atoms with E-state index in [0.717, 1.165) is 38.2 Å². The van der Waals surface area contributed by atoms with Crippen LogP contribution < -0.4 is 5.32 Å². The molecular formula is C15H27N5O. The van der Waals surface area contributed by atoms with Crippen LogP contribution in [0.5, 0.6) is 0 Å². The number of aromatic amines is 1. The molecular weight excluding hydrogens is 266 g/mol. The lowest BCUT2D eigenvalue weighted by Gasteiger charge is -2.32. The van der Waals surface area contributed by atoms with Crippen molar-refractivity contribution in [3.05, 3.63) is 11.6 Å². The van der Waals surface area contributed by atoms with Gasteiger partial charge in [0.25, 0.3) is 5.91 Å². The van der Waals surface area contributed by atoms with Gasteiger partial charge >= 0.3 is 0 Å². The van der Waals surface area contributed by atoms with Crippen molar-refractivity contribution in [1.29, 1.82) is 0 Å².